The highest BCUT2D eigenvalue weighted by atomic mass is 16.5. The molecule has 3 aromatic rings. The molecule has 1 N–H and O–H groups in total. The van der Waals surface area contributed by atoms with Crippen molar-refractivity contribution in [2.45, 2.75) is 33.2 Å². The molecule has 30 heavy (non-hydrogen) atoms. The number of nitrogens with one attached hydrogen (secondary N) is 1. The van der Waals surface area contributed by atoms with Gasteiger partial charge >= 0.3 is 0 Å². The first-order chi connectivity index (χ1) is 14.6. The minimum Gasteiger partial charge on any atom is -0.490 e. The molecule has 1 heterocycles. The predicted octanol–water partition coefficient (Wildman–Crippen LogP) is 4.14. The van der Waals surface area contributed by atoms with Gasteiger partial charge in [0.05, 0.1) is 24.2 Å². The Labute approximate surface area is 177 Å². The van der Waals surface area contributed by atoms with Crippen molar-refractivity contribution in [3.8, 4) is 11.5 Å². The van der Waals surface area contributed by atoms with Crippen LogP contribution in [0.25, 0.3) is 11.0 Å². The van der Waals surface area contributed by atoms with Gasteiger partial charge in [0.25, 0.3) is 0 Å². The third-order valence-electron chi connectivity index (χ3n) is 4.71. The van der Waals surface area contributed by atoms with E-state index in [4.69, 9.17) is 14.5 Å². The molecular formula is C24H29N3O3. The molecule has 1 aromatic heterocycles. The van der Waals surface area contributed by atoms with E-state index in [1.165, 1.54) is 0 Å². The van der Waals surface area contributed by atoms with E-state index in [0.717, 1.165) is 41.2 Å². The first kappa shape index (κ1) is 21.4. The van der Waals surface area contributed by atoms with E-state index >= 15 is 0 Å². The van der Waals surface area contributed by atoms with E-state index in [9.17, 15) is 4.79 Å². The summed E-state index contributed by atoms with van der Waals surface area (Å²) in [5.41, 5.74) is 2.57. The fourth-order valence-electron chi connectivity index (χ4n) is 3.26. The minimum atomic E-state index is -0.107. The first-order valence-electron chi connectivity index (χ1n) is 10.3. The fraction of sp³-hybridized carbons (Fsp3) is 0.333. The highest BCUT2D eigenvalue weighted by Crippen LogP contribution is 2.26. The molecule has 0 saturated heterocycles. The molecule has 0 bridgehead atoms. The lowest BCUT2D eigenvalue weighted by Crippen LogP contribution is -2.25. The fourth-order valence-corrected chi connectivity index (χ4v) is 3.26. The molecule has 0 aliphatic carbocycles. The molecule has 0 atom stereocenters. The normalized spacial score (nSPS) is 10.7. The molecule has 1 amide bonds. The largest absolute Gasteiger partial charge is 0.490 e. The molecule has 6 nitrogen and oxygen atoms in total. The van der Waals surface area contributed by atoms with E-state index in [1.54, 1.807) is 6.92 Å². The molecule has 0 radical (unpaired) electrons. The Morgan fingerprint density at radius 3 is 2.53 bits per heavy atom. The second-order valence-electron chi connectivity index (χ2n) is 7.04. The standard InChI is InChI=1S/C24H29N3O3/c1-4-29-21-12-7-8-13-22(21)30-17-16-27-20-11-6-5-10-19(20)26-23(27)14-9-15-25-24(28)18(2)3/h5-8,10-13H,2,4,9,14-17H2,1,3H3,(H,25,28). The molecule has 0 saturated carbocycles. The molecule has 0 aliphatic heterocycles. The monoisotopic (exact) mass is 407 g/mol. The molecule has 6 heteroatoms. The molecule has 0 spiro atoms. The summed E-state index contributed by atoms with van der Waals surface area (Å²) in [7, 11) is 0. The molecule has 0 fully saturated rings. The second kappa shape index (κ2) is 10.5. The number of benzene rings is 2. The minimum absolute atomic E-state index is 0.107. The van der Waals surface area contributed by atoms with Crippen molar-refractivity contribution in [2.24, 2.45) is 0 Å². The Hall–Kier alpha value is -3.28. The number of rotatable bonds is 11. The third-order valence-corrected chi connectivity index (χ3v) is 4.71. The topological polar surface area (TPSA) is 65.4 Å². The molecule has 3 rings (SSSR count). The highest BCUT2D eigenvalue weighted by molar-refractivity contribution is 5.92. The summed E-state index contributed by atoms with van der Waals surface area (Å²) in [6.45, 7) is 9.69. The number of carbonyl (C=O) groups is 1. The lowest BCUT2D eigenvalue weighted by molar-refractivity contribution is -0.117. The molecular weight excluding hydrogens is 378 g/mol. The molecule has 158 valence electrons. The molecule has 0 aliphatic rings. The van der Waals surface area contributed by atoms with Crippen LogP contribution in [0.1, 0.15) is 26.1 Å². The number of carbonyl (C=O) groups excluding carboxylic acids is 1. The molecule has 2 aromatic carbocycles. The van der Waals surface area contributed by atoms with Crippen LogP contribution in [-0.4, -0.2) is 35.2 Å². The van der Waals surface area contributed by atoms with Crippen LogP contribution in [0.15, 0.2) is 60.7 Å². The van der Waals surface area contributed by atoms with Crippen LogP contribution in [0.5, 0.6) is 11.5 Å². The average molecular weight is 408 g/mol. The summed E-state index contributed by atoms with van der Waals surface area (Å²) in [5.74, 6) is 2.38. The number of amides is 1. The Bertz CT molecular complexity index is 1010. The van der Waals surface area contributed by atoms with Crippen LogP contribution in [0.4, 0.5) is 0 Å². The van der Waals surface area contributed by atoms with Crippen molar-refractivity contribution >= 4 is 16.9 Å². The number of fused-ring (bicyclic) bond motifs is 1. The van der Waals surface area contributed by atoms with Gasteiger partial charge in [-0.2, -0.15) is 0 Å². The lowest BCUT2D eigenvalue weighted by atomic mass is 10.2. The summed E-state index contributed by atoms with van der Waals surface area (Å²) in [6, 6.07) is 15.8. The lowest BCUT2D eigenvalue weighted by Gasteiger charge is -2.13. The third kappa shape index (κ3) is 5.41. The van der Waals surface area contributed by atoms with Crippen LogP contribution < -0.4 is 14.8 Å². The Balaban J connectivity index is 1.66. The second-order valence-corrected chi connectivity index (χ2v) is 7.04. The highest BCUT2D eigenvalue weighted by Gasteiger charge is 2.11. The van der Waals surface area contributed by atoms with E-state index in [-0.39, 0.29) is 5.91 Å². The van der Waals surface area contributed by atoms with Gasteiger partial charge in [0.2, 0.25) is 5.91 Å². The van der Waals surface area contributed by atoms with Gasteiger partial charge in [0, 0.05) is 18.5 Å². The van der Waals surface area contributed by atoms with E-state index in [2.05, 4.69) is 22.5 Å². The number of para-hydroxylation sites is 4. The zero-order valence-corrected chi connectivity index (χ0v) is 17.7. The maximum atomic E-state index is 11.7. The van der Waals surface area contributed by atoms with Gasteiger partial charge in [0.1, 0.15) is 12.4 Å². The van der Waals surface area contributed by atoms with Crippen LogP contribution in [0, 0.1) is 0 Å². The summed E-state index contributed by atoms with van der Waals surface area (Å²) >= 11 is 0. The Morgan fingerprint density at radius 1 is 1.10 bits per heavy atom. The van der Waals surface area contributed by atoms with Crippen LogP contribution in [-0.2, 0) is 17.8 Å². The van der Waals surface area contributed by atoms with Crippen molar-refractivity contribution < 1.29 is 14.3 Å². The zero-order chi connectivity index (χ0) is 21.3. The van der Waals surface area contributed by atoms with Crippen molar-refractivity contribution in [1.82, 2.24) is 14.9 Å². The summed E-state index contributed by atoms with van der Waals surface area (Å²) in [6.07, 6.45) is 1.57. The number of hydrogen-bond donors (Lipinski definition) is 1. The van der Waals surface area contributed by atoms with Crippen molar-refractivity contribution in [3.63, 3.8) is 0 Å². The maximum Gasteiger partial charge on any atom is 0.246 e. The van der Waals surface area contributed by atoms with E-state index < -0.39 is 0 Å². The Morgan fingerprint density at radius 2 is 1.80 bits per heavy atom. The number of hydrogen-bond acceptors (Lipinski definition) is 4. The van der Waals surface area contributed by atoms with Gasteiger partial charge in [-0.25, -0.2) is 4.98 Å². The molecule has 0 unspecified atom stereocenters. The van der Waals surface area contributed by atoms with Crippen molar-refractivity contribution in [2.75, 3.05) is 19.8 Å². The number of aromatic nitrogens is 2. The zero-order valence-electron chi connectivity index (χ0n) is 17.7. The van der Waals surface area contributed by atoms with E-state index in [0.29, 0.717) is 31.9 Å². The average Bonchev–Trinajstić information content (AvgIpc) is 3.10. The SMILES string of the molecule is C=C(C)C(=O)NCCCc1nc2ccccc2n1CCOc1ccccc1OCC. The van der Waals surface area contributed by atoms with Gasteiger partial charge < -0.3 is 19.4 Å². The maximum absolute atomic E-state index is 11.7. The van der Waals surface area contributed by atoms with Gasteiger partial charge in [-0.15, -0.1) is 0 Å². The van der Waals surface area contributed by atoms with Gasteiger partial charge in [0.15, 0.2) is 11.5 Å². The van der Waals surface area contributed by atoms with Crippen LogP contribution in [0.2, 0.25) is 0 Å². The van der Waals surface area contributed by atoms with E-state index in [1.807, 2.05) is 49.4 Å². The van der Waals surface area contributed by atoms with Crippen molar-refractivity contribution in [3.05, 3.63) is 66.5 Å². The smallest absolute Gasteiger partial charge is 0.246 e. The summed E-state index contributed by atoms with van der Waals surface area (Å²) in [4.78, 5) is 16.4. The number of imidazole rings is 1. The van der Waals surface area contributed by atoms with Crippen molar-refractivity contribution in [1.29, 1.82) is 0 Å². The van der Waals surface area contributed by atoms with Crippen LogP contribution in [0.3, 0.4) is 0 Å². The predicted molar refractivity (Wildman–Crippen MR) is 119 cm³/mol. The quantitative estimate of drug-likeness (QED) is 0.383. The van der Waals surface area contributed by atoms with Crippen LogP contribution >= 0.6 is 0 Å². The Kier molecular flexibility index (Phi) is 7.49. The first-order valence-corrected chi connectivity index (χ1v) is 10.3. The number of aryl methyl sites for hydroxylation is 1. The van der Waals surface area contributed by atoms with Gasteiger partial charge in [-0.1, -0.05) is 30.8 Å². The van der Waals surface area contributed by atoms with Gasteiger partial charge in [-0.3, -0.25) is 4.79 Å². The van der Waals surface area contributed by atoms with Gasteiger partial charge in [-0.05, 0) is 44.5 Å². The number of nitrogens with zero attached hydrogens (tertiary/aromatic N) is 2. The summed E-state index contributed by atoms with van der Waals surface area (Å²) < 4.78 is 13.8. The number of ether oxygens (including phenoxy) is 2. The summed E-state index contributed by atoms with van der Waals surface area (Å²) in [5, 5.41) is 2.87.